The van der Waals surface area contributed by atoms with E-state index in [9.17, 15) is 0 Å². The molecule has 0 aliphatic rings. The molecule has 0 unspecified atom stereocenters. The highest BCUT2D eigenvalue weighted by molar-refractivity contribution is 7.20. The highest BCUT2D eigenvalue weighted by Crippen LogP contribution is 2.33. The molecule has 2 nitrogen and oxygen atoms in total. The summed E-state index contributed by atoms with van der Waals surface area (Å²) in [5, 5.41) is 2.38. The van der Waals surface area contributed by atoms with E-state index >= 15 is 0 Å². The van der Waals surface area contributed by atoms with Crippen molar-refractivity contribution >= 4 is 53.4 Å². The van der Waals surface area contributed by atoms with Crippen LogP contribution >= 0.6 is 22.2 Å². The van der Waals surface area contributed by atoms with Crippen LogP contribution in [-0.2, 0) is 0 Å². The zero-order valence-electron chi connectivity index (χ0n) is 16.5. The Morgan fingerprint density at radius 2 is 0.864 bits per heavy atom. The number of hydrogen-bond donors (Lipinski definition) is 0. The summed E-state index contributed by atoms with van der Waals surface area (Å²) in [5.74, 6) is 0. The smallest absolute Gasteiger partial charge is 0.150 e. The molecule has 0 rings (SSSR count). The van der Waals surface area contributed by atoms with Crippen LogP contribution in [0.4, 0.5) is 0 Å². The average molecular weight is 418 g/mol. The van der Waals surface area contributed by atoms with Crippen LogP contribution in [0.2, 0.25) is 76.6 Å². The lowest BCUT2D eigenvalue weighted by Crippen LogP contribution is -2.67. The minimum absolute atomic E-state index is 1.22. The van der Waals surface area contributed by atoms with Crippen molar-refractivity contribution in [2.75, 3.05) is 14.1 Å². The Hall–Kier alpha value is 1.37. The van der Waals surface area contributed by atoms with Crippen molar-refractivity contribution in [2.45, 2.75) is 76.6 Å². The average Bonchev–Trinajstić information content (AvgIpc) is 2.21. The maximum absolute atomic E-state index is 6.59. The molecule has 0 aromatic carbocycles. The van der Waals surface area contributed by atoms with E-state index in [1.165, 1.54) is 24.2 Å². The molecule has 0 aromatic heterocycles. The molecule has 0 amide bonds. The number of hydrogen-bond acceptors (Lipinski definition) is 2. The zero-order valence-corrected chi connectivity index (χ0v) is 22.0. The first-order valence-electron chi connectivity index (χ1n) is 8.33. The summed E-state index contributed by atoms with van der Waals surface area (Å²) in [6, 6.07) is 5.04. The molecule has 0 aromatic rings. The summed E-state index contributed by atoms with van der Waals surface area (Å²) in [5.41, 5.74) is 0. The lowest BCUT2D eigenvalue weighted by Gasteiger charge is -2.51. The maximum atomic E-state index is 6.59. The van der Waals surface area contributed by atoms with E-state index in [1.807, 2.05) is 0 Å². The molecule has 0 aliphatic heterocycles. The predicted molar refractivity (Wildman–Crippen MR) is 116 cm³/mol. The monoisotopic (exact) mass is 416 g/mol. The van der Waals surface area contributed by atoms with Crippen LogP contribution in [0, 0.1) is 0 Å². The van der Waals surface area contributed by atoms with Gasteiger partial charge in [-0.1, -0.05) is 52.4 Å². The molecule has 0 N–H and O–H groups in total. The first-order chi connectivity index (χ1) is 9.48. The third kappa shape index (κ3) is 9.01. The molecule has 0 heterocycles. The van der Waals surface area contributed by atoms with E-state index < -0.39 is 31.2 Å². The van der Waals surface area contributed by atoms with E-state index in [-0.39, 0.29) is 0 Å². The summed E-state index contributed by atoms with van der Waals surface area (Å²) >= 11 is 13.2. The molecule has 134 valence electrons. The fourth-order valence-electron chi connectivity index (χ4n) is 3.32. The molecule has 0 saturated heterocycles. The fraction of sp³-hybridized carbons (Fsp3) is 1.00. The molecule has 0 bridgehead atoms. The van der Waals surface area contributed by atoms with Crippen molar-refractivity contribution in [2.24, 2.45) is 0 Å². The van der Waals surface area contributed by atoms with Crippen LogP contribution in [-0.4, -0.2) is 54.7 Å². The fourth-order valence-corrected chi connectivity index (χ4v) is 24.5. The molecule has 0 aliphatic carbocycles. The highest BCUT2D eigenvalue weighted by Gasteiger charge is 2.43. The molecular formula is C14H38Cl2N2Si4. The first-order valence-corrected chi connectivity index (χ1v) is 23.1. The molecule has 0 radical (unpaired) electrons. The number of hydrazine groups is 1. The molecule has 8 heteroatoms. The standard InChI is InChI=1S/C14H38Cl2N2Si4/c1-17(2)18(21(7,8)13-11-19(3,4)15)22(9,10)14-12-20(5,6)16/h11-14H2,1-10H3. The topological polar surface area (TPSA) is 6.48 Å². The summed E-state index contributed by atoms with van der Waals surface area (Å²) in [7, 11) is -1.54. The minimum Gasteiger partial charge on any atom is -0.284 e. The van der Waals surface area contributed by atoms with Crippen LogP contribution in [0.5, 0.6) is 0 Å². The van der Waals surface area contributed by atoms with Gasteiger partial charge in [-0.15, -0.1) is 0 Å². The van der Waals surface area contributed by atoms with Gasteiger partial charge in [0.25, 0.3) is 0 Å². The molecule has 0 atom stereocenters. The van der Waals surface area contributed by atoms with Gasteiger partial charge in [-0.3, -0.25) is 9.35 Å². The van der Waals surface area contributed by atoms with Gasteiger partial charge in [0.05, 0.1) is 0 Å². The van der Waals surface area contributed by atoms with Crippen molar-refractivity contribution in [1.82, 2.24) is 9.35 Å². The van der Waals surface area contributed by atoms with Crippen molar-refractivity contribution < 1.29 is 0 Å². The lowest BCUT2D eigenvalue weighted by molar-refractivity contribution is 0.202. The van der Waals surface area contributed by atoms with E-state index in [0.29, 0.717) is 0 Å². The third-order valence-corrected chi connectivity index (χ3v) is 18.9. The summed E-state index contributed by atoms with van der Waals surface area (Å²) < 4.78 is 2.81. The largest absolute Gasteiger partial charge is 0.284 e. The number of nitrogens with zero attached hydrogens (tertiary/aromatic N) is 2. The van der Waals surface area contributed by atoms with Crippen molar-refractivity contribution in [3.8, 4) is 0 Å². The Labute approximate surface area is 153 Å². The summed E-state index contributed by atoms with van der Waals surface area (Å²) in [6.45, 7) is 19.1. The first kappa shape index (κ1) is 23.4. The molecule has 0 fully saturated rings. The predicted octanol–water partition coefficient (Wildman–Crippen LogP) is 6.06. The zero-order chi connectivity index (χ0) is 18.0. The summed E-state index contributed by atoms with van der Waals surface area (Å²) in [6.07, 6.45) is 0. The van der Waals surface area contributed by atoms with Gasteiger partial charge in [0, 0.05) is 14.1 Å². The van der Waals surface area contributed by atoms with Gasteiger partial charge < -0.3 is 0 Å². The van der Waals surface area contributed by atoms with Crippen LogP contribution < -0.4 is 0 Å². The van der Waals surface area contributed by atoms with Gasteiger partial charge in [0.15, 0.2) is 0 Å². The Bertz CT molecular complexity index is 320. The molecule has 0 spiro atoms. The van der Waals surface area contributed by atoms with Crippen molar-refractivity contribution in [3.05, 3.63) is 0 Å². The SMILES string of the molecule is CN(C)N([Si](C)(C)CC[Si](C)(C)Cl)[Si](C)(C)CC[Si](C)(C)Cl. The second-order valence-electron chi connectivity index (χ2n) is 9.22. The quantitative estimate of drug-likeness (QED) is 0.255. The normalized spacial score (nSPS) is 15.0. The minimum atomic E-state index is -1.49. The van der Waals surface area contributed by atoms with Crippen LogP contribution in [0.3, 0.4) is 0 Å². The van der Waals surface area contributed by atoms with Crippen LogP contribution in [0.1, 0.15) is 0 Å². The van der Waals surface area contributed by atoms with E-state index in [1.54, 1.807) is 0 Å². The molecule has 22 heavy (non-hydrogen) atoms. The summed E-state index contributed by atoms with van der Waals surface area (Å²) in [4.78, 5) is 0. The van der Waals surface area contributed by atoms with E-state index in [4.69, 9.17) is 22.2 Å². The lowest BCUT2D eigenvalue weighted by atomic mass is 10.9. The number of rotatable bonds is 9. The van der Waals surface area contributed by atoms with Crippen molar-refractivity contribution in [1.29, 1.82) is 0 Å². The van der Waals surface area contributed by atoms with Gasteiger partial charge in [0.2, 0.25) is 0 Å². The maximum Gasteiger partial charge on any atom is 0.150 e. The van der Waals surface area contributed by atoms with Gasteiger partial charge in [-0.05, 0) is 24.2 Å². The molecular weight excluding hydrogens is 379 g/mol. The Morgan fingerprint density at radius 3 is 1.05 bits per heavy atom. The third-order valence-electron chi connectivity index (χ3n) is 4.21. The highest BCUT2D eigenvalue weighted by atomic mass is 35.6. The van der Waals surface area contributed by atoms with E-state index in [2.05, 4.69) is 75.8 Å². The second kappa shape index (κ2) is 8.16. The second-order valence-corrected chi connectivity index (χ2v) is 32.8. The van der Waals surface area contributed by atoms with Gasteiger partial charge >= 0.3 is 0 Å². The molecule has 0 saturated carbocycles. The Balaban J connectivity index is 5.17. The van der Waals surface area contributed by atoms with Gasteiger partial charge in [-0.2, -0.15) is 22.2 Å². The van der Waals surface area contributed by atoms with Crippen molar-refractivity contribution in [3.63, 3.8) is 0 Å². The Kier molecular flexibility index (Phi) is 8.67. The number of halogens is 2. The van der Waals surface area contributed by atoms with Gasteiger partial charge in [-0.25, -0.2) is 0 Å². The van der Waals surface area contributed by atoms with Gasteiger partial charge in [0.1, 0.15) is 31.2 Å². The Morgan fingerprint density at radius 1 is 0.591 bits per heavy atom. The van der Waals surface area contributed by atoms with E-state index in [0.717, 1.165) is 0 Å². The van der Waals surface area contributed by atoms with Crippen LogP contribution in [0.15, 0.2) is 0 Å². The van der Waals surface area contributed by atoms with Crippen LogP contribution in [0.25, 0.3) is 0 Å².